The molecule has 82 valence electrons. The fraction of sp³-hybridized carbons (Fsp3) is 0.167. The molecular weight excluding hydrogens is 286 g/mol. The molecule has 1 aromatic heterocycles. The topological polar surface area (TPSA) is 30.0 Å². The number of carbonyl (C=O) groups excluding carboxylic acids is 1. The van der Waals surface area contributed by atoms with E-state index in [4.69, 9.17) is 0 Å². The highest BCUT2D eigenvalue weighted by molar-refractivity contribution is 9.11. The van der Waals surface area contributed by atoms with Gasteiger partial charge in [0.25, 0.3) is 0 Å². The molecule has 0 bridgehead atoms. The Bertz CT molecular complexity index is 492. The minimum absolute atomic E-state index is 0.0444. The minimum atomic E-state index is -0.0444. The summed E-state index contributed by atoms with van der Waals surface area (Å²) in [5, 5.41) is 0.984. The lowest BCUT2D eigenvalue weighted by Gasteiger charge is -2.04. The van der Waals surface area contributed by atoms with Crippen LogP contribution in [-0.4, -0.2) is 11.3 Å². The molecular formula is C12H10BrNOS. The maximum Gasteiger partial charge on any atom is 0.127 e. The number of rotatable bonds is 3. The van der Waals surface area contributed by atoms with Crippen LogP contribution in [0.5, 0.6) is 0 Å². The van der Waals surface area contributed by atoms with Gasteiger partial charge in [0.2, 0.25) is 0 Å². The second kappa shape index (κ2) is 4.89. The Hall–Kier alpha value is -1.00. The number of benzene rings is 1. The molecule has 0 aliphatic rings. The summed E-state index contributed by atoms with van der Waals surface area (Å²) < 4.78 is 1.02. The number of aldehydes is 1. The van der Waals surface area contributed by atoms with Gasteiger partial charge in [-0.05, 0) is 21.5 Å². The lowest BCUT2D eigenvalue weighted by molar-refractivity contribution is -0.108. The van der Waals surface area contributed by atoms with Gasteiger partial charge in [-0.15, -0.1) is 11.3 Å². The summed E-state index contributed by atoms with van der Waals surface area (Å²) in [5.74, 6) is -0.0444. The summed E-state index contributed by atoms with van der Waals surface area (Å²) in [6.07, 6.45) is 2.75. The molecule has 0 N–H and O–H groups in total. The largest absolute Gasteiger partial charge is 0.303 e. The van der Waals surface area contributed by atoms with Crippen molar-refractivity contribution in [1.82, 2.24) is 4.98 Å². The molecule has 0 spiro atoms. The third-order valence-corrected chi connectivity index (χ3v) is 3.89. The van der Waals surface area contributed by atoms with Crippen LogP contribution in [0.15, 0.2) is 34.2 Å². The van der Waals surface area contributed by atoms with E-state index in [1.165, 1.54) is 0 Å². The van der Waals surface area contributed by atoms with Crippen LogP contribution < -0.4 is 0 Å². The van der Waals surface area contributed by atoms with E-state index in [1.54, 1.807) is 17.5 Å². The summed E-state index contributed by atoms with van der Waals surface area (Å²) in [7, 11) is 0. The van der Waals surface area contributed by atoms with E-state index in [-0.39, 0.29) is 5.92 Å². The zero-order valence-electron chi connectivity index (χ0n) is 8.68. The average molecular weight is 296 g/mol. The highest BCUT2D eigenvalue weighted by atomic mass is 79.9. The fourth-order valence-corrected chi connectivity index (χ4v) is 2.61. The van der Waals surface area contributed by atoms with Crippen molar-refractivity contribution in [2.45, 2.75) is 12.8 Å². The van der Waals surface area contributed by atoms with Gasteiger partial charge in [0, 0.05) is 11.5 Å². The Labute approximate surface area is 106 Å². The van der Waals surface area contributed by atoms with Crippen molar-refractivity contribution in [2.24, 2.45) is 0 Å². The Morgan fingerprint density at radius 1 is 1.38 bits per heavy atom. The SMILES string of the molecule is CC(C=O)c1ccc(-c2ncc(Br)s2)cc1. The third-order valence-electron chi connectivity index (χ3n) is 2.37. The van der Waals surface area contributed by atoms with Crippen molar-refractivity contribution in [3.05, 3.63) is 39.8 Å². The van der Waals surface area contributed by atoms with Crippen molar-refractivity contribution >= 4 is 33.6 Å². The summed E-state index contributed by atoms with van der Waals surface area (Å²) in [5.41, 5.74) is 2.12. The molecule has 2 nitrogen and oxygen atoms in total. The quantitative estimate of drug-likeness (QED) is 0.805. The van der Waals surface area contributed by atoms with Gasteiger partial charge in [-0.25, -0.2) is 4.98 Å². The first-order valence-electron chi connectivity index (χ1n) is 4.87. The van der Waals surface area contributed by atoms with Crippen LogP contribution in [0.25, 0.3) is 10.6 Å². The van der Waals surface area contributed by atoms with Crippen molar-refractivity contribution in [2.75, 3.05) is 0 Å². The van der Waals surface area contributed by atoms with Crippen LogP contribution in [0.4, 0.5) is 0 Å². The summed E-state index contributed by atoms with van der Waals surface area (Å²) in [6, 6.07) is 7.95. The molecule has 1 heterocycles. The summed E-state index contributed by atoms with van der Waals surface area (Å²) in [6.45, 7) is 1.89. The Morgan fingerprint density at radius 3 is 2.56 bits per heavy atom. The normalized spacial score (nSPS) is 12.4. The van der Waals surface area contributed by atoms with E-state index in [0.717, 1.165) is 26.2 Å². The lowest BCUT2D eigenvalue weighted by Crippen LogP contribution is -1.93. The molecule has 16 heavy (non-hydrogen) atoms. The molecule has 0 saturated heterocycles. The van der Waals surface area contributed by atoms with Crippen molar-refractivity contribution in [1.29, 1.82) is 0 Å². The first-order chi connectivity index (χ1) is 7.70. The van der Waals surface area contributed by atoms with Gasteiger partial charge in [0.1, 0.15) is 11.3 Å². The van der Waals surface area contributed by atoms with Gasteiger partial charge in [-0.3, -0.25) is 0 Å². The van der Waals surface area contributed by atoms with Crippen LogP contribution in [0.2, 0.25) is 0 Å². The molecule has 1 atom stereocenters. The molecule has 0 fully saturated rings. The van der Waals surface area contributed by atoms with Gasteiger partial charge in [0.05, 0.1) is 9.98 Å². The molecule has 0 aliphatic heterocycles. The Kier molecular flexibility index (Phi) is 3.51. The van der Waals surface area contributed by atoms with E-state index in [9.17, 15) is 4.79 Å². The fourth-order valence-electron chi connectivity index (χ4n) is 1.40. The lowest BCUT2D eigenvalue weighted by atomic mass is 10.0. The number of carbonyl (C=O) groups is 1. The Balaban J connectivity index is 2.29. The first kappa shape index (κ1) is 11.5. The van der Waals surface area contributed by atoms with Crippen LogP contribution in [0, 0.1) is 0 Å². The molecule has 2 aromatic rings. The second-order valence-electron chi connectivity index (χ2n) is 3.52. The van der Waals surface area contributed by atoms with Gasteiger partial charge in [-0.2, -0.15) is 0 Å². The minimum Gasteiger partial charge on any atom is -0.303 e. The molecule has 0 amide bonds. The highest BCUT2D eigenvalue weighted by Gasteiger charge is 2.06. The van der Waals surface area contributed by atoms with Crippen LogP contribution in [0.3, 0.4) is 0 Å². The number of hydrogen-bond donors (Lipinski definition) is 0. The van der Waals surface area contributed by atoms with Crippen molar-refractivity contribution in [3.63, 3.8) is 0 Å². The Morgan fingerprint density at radius 2 is 2.06 bits per heavy atom. The van der Waals surface area contributed by atoms with Gasteiger partial charge in [0.15, 0.2) is 0 Å². The number of nitrogens with zero attached hydrogens (tertiary/aromatic N) is 1. The van der Waals surface area contributed by atoms with E-state index in [2.05, 4.69) is 20.9 Å². The number of aromatic nitrogens is 1. The van der Waals surface area contributed by atoms with Crippen molar-refractivity contribution in [3.8, 4) is 10.6 Å². The van der Waals surface area contributed by atoms with Gasteiger partial charge in [-0.1, -0.05) is 31.2 Å². The number of thiazole rings is 1. The highest BCUT2D eigenvalue weighted by Crippen LogP contribution is 2.29. The van der Waals surface area contributed by atoms with Gasteiger partial charge >= 0.3 is 0 Å². The maximum atomic E-state index is 10.6. The molecule has 0 radical (unpaired) electrons. The number of halogens is 1. The predicted octanol–water partition coefficient (Wildman–Crippen LogP) is 3.88. The maximum absolute atomic E-state index is 10.6. The van der Waals surface area contributed by atoms with Crippen LogP contribution >= 0.6 is 27.3 Å². The molecule has 1 unspecified atom stereocenters. The monoisotopic (exact) mass is 295 g/mol. The van der Waals surface area contributed by atoms with Crippen molar-refractivity contribution < 1.29 is 4.79 Å². The molecule has 0 aliphatic carbocycles. The van der Waals surface area contributed by atoms with E-state index >= 15 is 0 Å². The summed E-state index contributed by atoms with van der Waals surface area (Å²) in [4.78, 5) is 14.9. The number of hydrogen-bond acceptors (Lipinski definition) is 3. The molecule has 0 saturated carbocycles. The standard InChI is InChI=1S/C12H10BrNOS/c1-8(7-15)9-2-4-10(5-3-9)12-14-6-11(13)16-12/h2-8H,1H3. The second-order valence-corrected chi connectivity index (χ2v) is 5.93. The zero-order valence-corrected chi connectivity index (χ0v) is 11.1. The third kappa shape index (κ3) is 2.39. The van der Waals surface area contributed by atoms with Gasteiger partial charge < -0.3 is 4.79 Å². The van der Waals surface area contributed by atoms with E-state index in [1.807, 2.05) is 31.2 Å². The predicted molar refractivity (Wildman–Crippen MR) is 69.7 cm³/mol. The van der Waals surface area contributed by atoms with Crippen LogP contribution in [-0.2, 0) is 4.79 Å². The molecule has 1 aromatic carbocycles. The molecule has 2 rings (SSSR count). The first-order valence-corrected chi connectivity index (χ1v) is 6.48. The summed E-state index contributed by atoms with van der Waals surface area (Å²) >= 11 is 4.98. The van der Waals surface area contributed by atoms with E-state index < -0.39 is 0 Å². The average Bonchev–Trinajstić information content (AvgIpc) is 2.75. The zero-order chi connectivity index (χ0) is 11.5. The van der Waals surface area contributed by atoms with Crippen LogP contribution in [0.1, 0.15) is 18.4 Å². The smallest absolute Gasteiger partial charge is 0.127 e. The van der Waals surface area contributed by atoms with E-state index in [0.29, 0.717) is 0 Å². The molecule has 4 heteroatoms.